The van der Waals surface area contributed by atoms with Crippen LogP contribution in [-0.4, -0.2) is 57.5 Å². The molecule has 2 aromatic heterocycles. The fourth-order valence-electron chi connectivity index (χ4n) is 5.56. The van der Waals surface area contributed by atoms with Crippen LogP contribution in [0.2, 0.25) is 5.02 Å². The van der Waals surface area contributed by atoms with Gasteiger partial charge in [-0.15, -0.1) is 0 Å². The predicted octanol–water partition coefficient (Wildman–Crippen LogP) is 3.79. The molecule has 0 saturated carbocycles. The molecule has 10 nitrogen and oxygen atoms in total. The number of hydrogen-bond acceptors (Lipinski definition) is 8. The summed E-state index contributed by atoms with van der Waals surface area (Å²) in [5.74, 6) is -1.23. The number of benzene rings is 1. The monoisotopic (exact) mass is 592 g/mol. The van der Waals surface area contributed by atoms with Crippen molar-refractivity contribution >= 4 is 29.3 Å². The quantitative estimate of drug-likeness (QED) is 0.390. The SMILES string of the molecule is Cn1cccc(-c2cc(Cl)ccc2[C@@H](Oc2cc(N3CCC4(CC3)CN[C@H](C(=O)O)C4)nc(N)n2)C(F)(F)F)c1=O. The molecule has 0 unspecified atom stereocenters. The summed E-state index contributed by atoms with van der Waals surface area (Å²) in [6.45, 7) is 1.59. The highest BCUT2D eigenvalue weighted by Crippen LogP contribution is 2.43. The number of nitrogens with two attached hydrogens (primary N) is 1. The fraction of sp³-hybridized carbons (Fsp3) is 0.407. The summed E-state index contributed by atoms with van der Waals surface area (Å²) in [5, 5.41) is 12.5. The second kappa shape index (κ2) is 10.9. The van der Waals surface area contributed by atoms with E-state index in [1.807, 2.05) is 4.90 Å². The molecule has 3 aromatic rings. The van der Waals surface area contributed by atoms with E-state index in [1.165, 1.54) is 48.1 Å². The van der Waals surface area contributed by atoms with Crippen LogP contribution in [0.3, 0.4) is 0 Å². The molecule has 4 N–H and O–H groups in total. The molecule has 1 spiro atoms. The number of ether oxygens (including phenoxy) is 1. The number of piperidine rings is 1. The molecule has 2 saturated heterocycles. The molecular formula is C27H28ClF3N6O4. The normalized spacial score (nSPS) is 19.3. The molecule has 2 aliphatic heterocycles. The van der Waals surface area contributed by atoms with E-state index in [1.54, 1.807) is 6.07 Å². The third-order valence-electron chi connectivity index (χ3n) is 7.76. The lowest BCUT2D eigenvalue weighted by molar-refractivity contribution is -0.198. The molecule has 0 aliphatic carbocycles. The van der Waals surface area contributed by atoms with Gasteiger partial charge in [0, 0.05) is 55.1 Å². The van der Waals surface area contributed by atoms with Gasteiger partial charge in [-0.2, -0.15) is 23.1 Å². The number of aryl methyl sites for hydroxylation is 1. The van der Waals surface area contributed by atoms with Gasteiger partial charge in [-0.1, -0.05) is 17.7 Å². The van der Waals surface area contributed by atoms with Crippen LogP contribution in [0, 0.1) is 5.41 Å². The summed E-state index contributed by atoms with van der Waals surface area (Å²) in [5.41, 5.74) is 4.92. The van der Waals surface area contributed by atoms with E-state index in [4.69, 9.17) is 22.1 Å². The van der Waals surface area contributed by atoms with Crippen molar-refractivity contribution in [1.29, 1.82) is 0 Å². The minimum atomic E-state index is -4.89. The van der Waals surface area contributed by atoms with Crippen LogP contribution in [0.5, 0.6) is 5.88 Å². The van der Waals surface area contributed by atoms with Gasteiger partial charge in [0.25, 0.3) is 5.56 Å². The Morgan fingerprint density at radius 3 is 2.61 bits per heavy atom. The lowest BCUT2D eigenvalue weighted by Gasteiger charge is -2.39. The van der Waals surface area contributed by atoms with Crippen molar-refractivity contribution in [3.05, 3.63) is 63.5 Å². The van der Waals surface area contributed by atoms with E-state index in [-0.39, 0.29) is 39.0 Å². The van der Waals surface area contributed by atoms with Gasteiger partial charge in [0.05, 0.1) is 0 Å². The van der Waals surface area contributed by atoms with Gasteiger partial charge in [-0.25, -0.2) is 0 Å². The molecule has 2 atom stereocenters. The van der Waals surface area contributed by atoms with E-state index >= 15 is 0 Å². The molecule has 0 bridgehead atoms. The van der Waals surface area contributed by atoms with E-state index < -0.39 is 29.9 Å². The highest BCUT2D eigenvalue weighted by atomic mass is 35.5. The molecule has 0 radical (unpaired) electrons. The topological polar surface area (TPSA) is 136 Å². The summed E-state index contributed by atoms with van der Waals surface area (Å²) in [4.78, 5) is 34.2. The molecule has 2 fully saturated rings. The first kappa shape index (κ1) is 28.7. The number of nitrogen functional groups attached to an aromatic ring is 1. The van der Waals surface area contributed by atoms with Gasteiger partial charge in [0.2, 0.25) is 17.9 Å². The summed E-state index contributed by atoms with van der Waals surface area (Å²) in [6, 6.07) is 7.46. The van der Waals surface area contributed by atoms with Crippen molar-refractivity contribution in [3.8, 4) is 17.0 Å². The van der Waals surface area contributed by atoms with Crippen LogP contribution in [0.25, 0.3) is 11.1 Å². The zero-order chi connectivity index (χ0) is 29.5. The Kier molecular flexibility index (Phi) is 7.60. The minimum absolute atomic E-state index is 0.0190. The minimum Gasteiger partial charge on any atom is -0.480 e. The standard InChI is InChI=1S/C27H28ClF3N6O4/c1-36-8-2-3-17(23(36)38)18-11-15(28)4-5-16(18)22(27(29,30)31)41-21-12-20(34-25(32)35-21)37-9-6-26(7-10-37)13-19(24(39)40)33-14-26/h2-5,8,11-12,19,22,33H,6-7,9-10,13-14H2,1H3,(H,39,40)(H2,32,34,35)/t19-,22+/m0/s1. The number of aliphatic carboxylic acids is 1. The number of aromatic nitrogens is 3. The number of halogens is 4. The Morgan fingerprint density at radius 1 is 1.22 bits per heavy atom. The highest BCUT2D eigenvalue weighted by Gasteiger charge is 2.46. The van der Waals surface area contributed by atoms with Crippen molar-refractivity contribution in [1.82, 2.24) is 19.9 Å². The second-order valence-corrected chi connectivity index (χ2v) is 10.9. The van der Waals surface area contributed by atoms with E-state index in [0.717, 1.165) is 0 Å². The number of carboxylic acids is 1. The lowest BCUT2D eigenvalue weighted by atomic mass is 9.76. The zero-order valence-corrected chi connectivity index (χ0v) is 22.7. The lowest BCUT2D eigenvalue weighted by Crippen LogP contribution is -2.41. The molecule has 5 rings (SSSR count). The van der Waals surface area contributed by atoms with Crippen LogP contribution in [0.15, 0.2) is 47.4 Å². The fourth-order valence-corrected chi connectivity index (χ4v) is 5.73. The molecular weight excluding hydrogens is 565 g/mol. The number of anilines is 2. The Hall–Kier alpha value is -3.84. The summed E-state index contributed by atoms with van der Waals surface area (Å²) < 4.78 is 50.3. The molecule has 4 heterocycles. The van der Waals surface area contributed by atoms with Crippen LogP contribution >= 0.6 is 11.6 Å². The summed E-state index contributed by atoms with van der Waals surface area (Å²) >= 11 is 6.13. The first-order chi connectivity index (χ1) is 19.3. The van der Waals surface area contributed by atoms with Gasteiger partial charge in [-0.05, 0) is 54.5 Å². The van der Waals surface area contributed by atoms with Gasteiger partial charge in [-0.3, -0.25) is 9.59 Å². The number of alkyl halides is 3. The van der Waals surface area contributed by atoms with Crippen LogP contribution in [0.4, 0.5) is 24.9 Å². The molecule has 1 aromatic carbocycles. The Bertz CT molecular complexity index is 1520. The van der Waals surface area contributed by atoms with Crippen LogP contribution in [0.1, 0.15) is 30.9 Å². The Balaban J connectivity index is 1.44. The molecule has 2 aliphatic rings. The number of carboxylic acid groups (broad SMARTS) is 1. The third kappa shape index (κ3) is 5.96. The van der Waals surface area contributed by atoms with Crippen molar-refractivity contribution in [3.63, 3.8) is 0 Å². The average molecular weight is 593 g/mol. The van der Waals surface area contributed by atoms with Crippen molar-refractivity contribution in [2.24, 2.45) is 12.5 Å². The maximum atomic E-state index is 14.5. The maximum absolute atomic E-state index is 14.5. The number of pyridine rings is 1. The first-order valence-electron chi connectivity index (χ1n) is 12.9. The van der Waals surface area contributed by atoms with Gasteiger partial charge in [0.1, 0.15) is 11.9 Å². The van der Waals surface area contributed by atoms with E-state index in [0.29, 0.717) is 44.7 Å². The third-order valence-corrected chi connectivity index (χ3v) is 8.00. The molecule has 0 amide bonds. The maximum Gasteiger partial charge on any atom is 0.429 e. The van der Waals surface area contributed by atoms with Crippen molar-refractivity contribution in [2.75, 3.05) is 30.3 Å². The van der Waals surface area contributed by atoms with Gasteiger partial charge < -0.3 is 30.4 Å². The average Bonchev–Trinajstić information content (AvgIpc) is 3.32. The number of nitrogens with one attached hydrogen (secondary N) is 1. The summed E-state index contributed by atoms with van der Waals surface area (Å²) in [7, 11) is 1.50. The van der Waals surface area contributed by atoms with Crippen LogP contribution < -0.4 is 26.2 Å². The largest absolute Gasteiger partial charge is 0.480 e. The number of rotatable bonds is 6. The predicted molar refractivity (Wildman–Crippen MR) is 146 cm³/mol. The smallest absolute Gasteiger partial charge is 0.429 e. The first-order valence-corrected chi connectivity index (χ1v) is 13.3. The molecule has 14 heteroatoms. The Labute approximate surface area is 237 Å². The second-order valence-electron chi connectivity index (χ2n) is 10.5. The number of hydrogen-bond donors (Lipinski definition) is 3. The van der Waals surface area contributed by atoms with Crippen LogP contribution in [-0.2, 0) is 11.8 Å². The van der Waals surface area contributed by atoms with E-state index in [2.05, 4.69) is 15.3 Å². The van der Waals surface area contributed by atoms with Gasteiger partial charge in [0.15, 0.2) is 0 Å². The Morgan fingerprint density at radius 2 is 1.95 bits per heavy atom. The van der Waals surface area contributed by atoms with Crippen molar-refractivity contribution < 1.29 is 27.8 Å². The van der Waals surface area contributed by atoms with Crippen molar-refractivity contribution in [2.45, 2.75) is 37.6 Å². The number of carbonyl (C=O) groups is 1. The zero-order valence-electron chi connectivity index (χ0n) is 22.0. The summed E-state index contributed by atoms with van der Waals surface area (Å²) in [6.07, 6.45) is -4.03. The highest BCUT2D eigenvalue weighted by molar-refractivity contribution is 6.30. The van der Waals surface area contributed by atoms with Gasteiger partial charge >= 0.3 is 12.1 Å². The number of nitrogens with zero attached hydrogens (tertiary/aromatic N) is 4. The van der Waals surface area contributed by atoms with E-state index in [9.17, 15) is 27.9 Å². The molecule has 218 valence electrons. The molecule has 41 heavy (non-hydrogen) atoms.